The summed E-state index contributed by atoms with van der Waals surface area (Å²) in [4.78, 5) is 10.8. The zero-order valence-corrected chi connectivity index (χ0v) is 12.6. The van der Waals surface area contributed by atoms with E-state index in [4.69, 9.17) is 9.84 Å². The van der Waals surface area contributed by atoms with Crippen LogP contribution in [0.5, 0.6) is 0 Å². The number of hydrogen-bond acceptors (Lipinski definition) is 3. The number of thioether (sulfide) groups is 1. The minimum atomic E-state index is -0.640. The van der Waals surface area contributed by atoms with Crippen molar-refractivity contribution < 1.29 is 14.6 Å². The number of carbonyl (C=O) groups is 1. The fraction of sp³-hybridized carbons (Fsp3) is 0.929. The summed E-state index contributed by atoms with van der Waals surface area (Å²) in [7, 11) is 0. The number of aliphatic carboxylic acids is 1. The number of rotatable bonds is 13. The minimum Gasteiger partial charge on any atom is -0.481 e. The highest BCUT2D eigenvalue weighted by Crippen LogP contribution is 2.15. The summed E-state index contributed by atoms with van der Waals surface area (Å²) in [5.41, 5.74) is 0. The minimum absolute atomic E-state index is 0.142. The zero-order chi connectivity index (χ0) is 13.6. The van der Waals surface area contributed by atoms with Crippen LogP contribution >= 0.6 is 11.8 Å². The lowest BCUT2D eigenvalue weighted by Gasteiger charge is -2.08. The summed E-state index contributed by atoms with van der Waals surface area (Å²) < 4.78 is 5.28. The Hall–Kier alpha value is -0.220. The second-order valence-electron chi connectivity index (χ2n) is 4.46. The van der Waals surface area contributed by atoms with Crippen LogP contribution in [0.1, 0.15) is 52.4 Å². The molecule has 0 bridgehead atoms. The molecule has 0 aromatic heterocycles. The van der Waals surface area contributed by atoms with Gasteiger partial charge in [-0.15, -0.1) is 0 Å². The molecule has 108 valence electrons. The van der Waals surface area contributed by atoms with Crippen molar-refractivity contribution in [3.63, 3.8) is 0 Å². The topological polar surface area (TPSA) is 46.5 Å². The van der Waals surface area contributed by atoms with E-state index in [2.05, 4.69) is 0 Å². The maximum atomic E-state index is 10.8. The summed E-state index contributed by atoms with van der Waals surface area (Å²) in [6.07, 6.45) is 6.23. The van der Waals surface area contributed by atoms with E-state index in [-0.39, 0.29) is 5.92 Å². The van der Waals surface area contributed by atoms with Crippen LogP contribution < -0.4 is 0 Å². The van der Waals surface area contributed by atoms with Crippen LogP contribution in [0.15, 0.2) is 0 Å². The summed E-state index contributed by atoms with van der Waals surface area (Å²) in [6, 6.07) is 0. The molecule has 3 nitrogen and oxygen atoms in total. The van der Waals surface area contributed by atoms with E-state index in [9.17, 15) is 4.79 Å². The van der Waals surface area contributed by atoms with Crippen molar-refractivity contribution in [3.05, 3.63) is 0 Å². The molecular formula is C14H28O3S. The van der Waals surface area contributed by atoms with Crippen molar-refractivity contribution >= 4 is 17.7 Å². The van der Waals surface area contributed by atoms with Gasteiger partial charge in [-0.1, -0.05) is 13.3 Å². The van der Waals surface area contributed by atoms with Gasteiger partial charge in [-0.25, -0.2) is 0 Å². The van der Waals surface area contributed by atoms with Crippen LogP contribution in [-0.2, 0) is 9.53 Å². The van der Waals surface area contributed by atoms with Crippen LogP contribution in [-0.4, -0.2) is 35.8 Å². The molecule has 0 aromatic carbocycles. The Morgan fingerprint density at radius 1 is 1.17 bits per heavy atom. The summed E-state index contributed by atoms with van der Waals surface area (Å²) >= 11 is 1.95. The number of hydrogen-bond donors (Lipinski definition) is 1. The molecule has 18 heavy (non-hydrogen) atoms. The molecule has 0 spiro atoms. The van der Waals surface area contributed by atoms with Gasteiger partial charge in [-0.3, -0.25) is 4.79 Å². The molecule has 0 aliphatic heterocycles. The van der Waals surface area contributed by atoms with Crippen molar-refractivity contribution in [2.45, 2.75) is 52.4 Å². The van der Waals surface area contributed by atoms with Crippen molar-refractivity contribution in [1.82, 2.24) is 0 Å². The molecule has 0 aromatic rings. The third-order valence-corrected chi connectivity index (χ3v) is 4.12. The van der Waals surface area contributed by atoms with E-state index < -0.39 is 5.97 Å². The predicted molar refractivity (Wildman–Crippen MR) is 78.3 cm³/mol. The molecule has 1 N–H and O–H groups in total. The first-order valence-corrected chi connectivity index (χ1v) is 8.26. The number of carboxylic acids is 1. The van der Waals surface area contributed by atoms with Gasteiger partial charge >= 0.3 is 5.97 Å². The van der Waals surface area contributed by atoms with Crippen LogP contribution in [0, 0.1) is 5.92 Å². The van der Waals surface area contributed by atoms with E-state index in [1.165, 1.54) is 18.6 Å². The highest BCUT2D eigenvalue weighted by Gasteiger charge is 2.13. The quantitative estimate of drug-likeness (QED) is 0.519. The van der Waals surface area contributed by atoms with E-state index in [0.29, 0.717) is 0 Å². The second kappa shape index (κ2) is 13.2. The van der Waals surface area contributed by atoms with Gasteiger partial charge in [-0.2, -0.15) is 11.8 Å². The first-order chi connectivity index (χ1) is 8.72. The Bertz CT molecular complexity index is 197. The Kier molecular flexibility index (Phi) is 13.1. The van der Waals surface area contributed by atoms with Gasteiger partial charge in [0.25, 0.3) is 0 Å². The predicted octanol–water partition coefficient (Wildman–Crippen LogP) is 3.82. The van der Waals surface area contributed by atoms with E-state index in [0.717, 1.165) is 44.6 Å². The summed E-state index contributed by atoms with van der Waals surface area (Å²) in [6.45, 7) is 5.68. The summed E-state index contributed by atoms with van der Waals surface area (Å²) in [5, 5.41) is 8.90. The zero-order valence-electron chi connectivity index (χ0n) is 11.8. The molecule has 0 saturated carbocycles. The van der Waals surface area contributed by atoms with Gasteiger partial charge < -0.3 is 9.84 Å². The van der Waals surface area contributed by atoms with Gasteiger partial charge in [0.1, 0.15) is 0 Å². The van der Waals surface area contributed by atoms with Gasteiger partial charge in [0.15, 0.2) is 0 Å². The summed E-state index contributed by atoms with van der Waals surface area (Å²) in [5.74, 6) is 1.50. The van der Waals surface area contributed by atoms with Gasteiger partial charge in [-0.05, 0) is 50.5 Å². The Morgan fingerprint density at radius 3 is 2.50 bits per heavy atom. The largest absolute Gasteiger partial charge is 0.481 e. The number of carboxylic acid groups (broad SMARTS) is 1. The molecule has 0 radical (unpaired) electrons. The molecular weight excluding hydrogens is 248 g/mol. The van der Waals surface area contributed by atoms with E-state index in [1.54, 1.807) is 0 Å². The number of ether oxygens (including phenoxy) is 1. The fourth-order valence-electron chi connectivity index (χ4n) is 1.77. The lowest BCUT2D eigenvalue weighted by Crippen LogP contribution is -2.12. The molecule has 0 saturated heterocycles. The van der Waals surface area contributed by atoms with E-state index in [1.807, 2.05) is 25.6 Å². The lowest BCUT2D eigenvalue weighted by molar-refractivity contribution is -0.142. The molecule has 0 fully saturated rings. The van der Waals surface area contributed by atoms with Crippen molar-refractivity contribution in [1.29, 1.82) is 0 Å². The smallest absolute Gasteiger partial charge is 0.306 e. The first kappa shape index (κ1) is 17.8. The van der Waals surface area contributed by atoms with Crippen molar-refractivity contribution in [2.24, 2.45) is 5.92 Å². The average Bonchev–Trinajstić information content (AvgIpc) is 2.35. The third kappa shape index (κ3) is 10.9. The Labute approximate surface area is 116 Å². The molecule has 4 heteroatoms. The van der Waals surface area contributed by atoms with Crippen LogP contribution in [0.2, 0.25) is 0 Å². The highest BCUT2D eigenvalue weighted by molar-refractivity contribution is 7.99. The van der Waals surface area contributed by atoms with E-state index >= 15 is 0 Å². The average molecular weight is 276 g/mol. The normalized spacial score (nSPS) is 12.6. The molecule has 0 rings (SSSR count). The second-order valence-corrected chi connectivity index (χ2v) is 5.68. The molecule has 0 amide bonds. The maximum Gasteiger partial charge on any atom is 0.306 e. The van der Waals surface area contributed by atoms with Crippen molar-refractivity contribution in [3.8, 4) is 0 Å². The van der Waals surface area contributed by atoms with Gasteiger partial charge in [0, 0.05) is 13.2 Å². The molecule has 0 aliphatic rings. The molecule has 1 atom stereocenters. The molecule has 0 heterocycles. The fourth-order valence-corrected chi connectivity index (χ4v) is 2.75. The molecule has 1 unspecified atom stereocenters. The third-order valence-electron chi connectivity index (χ3n) is 2.96. The number of unbranched alkanes of at least 4 members (excludes halogenated alkanes) is 2. The Morgan fingerprint density at radius 2 is 1.89 bits per heavy atom. The highest BCUT2D eigenvalue weighted by atomic mass is 32.2. The maximum absolute atomic E-state index is 10.8. The van der Waals surface area contributed by atoms with Crippen LogP contribution in [0.4, 0.5) is 0 Å². The molecule has 0 aliphatic carbocycles. The van der Waals surface area contributed by atoms with Gasteiger partial charge in [0.2, 0.25) is 0 Å². The Balaban J connectivity index is 3.18. The van der Waals surface area contributed by atoms with Crippen LogP contribution in [0.25, 0.3) is 0 Å². The standard InChI is InChI=1S/C14H28O3S/c1-3-13(14(15)16)9-8-12-18-11-7-5-6-10-17-4-2/h13H,3-12H2,1-2H3,(H,15,16). The van der Waals surface area contributed by atoms with Gasteiger partial charge in [0.05, 0.1) is 5.92 Å². The SMILES string of the molecule is CCOCCCCCSCCCC(CC)C(=O)O. The monoisotopic (exact) mass is 276 g/mol. The van der Waals surface area contributed by atoms with Crippen molar-refractivity contribution in [2.75, 3.05) is 24.7 Å². The van der Waals surface area contributed by atoms with Crippen LogP contribution in [0.3, 0.4) is 0 Å². The first-order valence-electron chi connectivity index (χ1n) is 7.10. The lowest BCUT2D eigenvalue weighted by atomic mass is 10.0.